The minimum atomic E-state index is -0.243. The van der Waals surface area contributed by atoms with Crippen molar-refractivity contribution in [2.45, 2.75) is 71.9 Å². The van der Waals surface area contributed by atoms with Gasteiger partial charge in [0.1, 0.15) is 17.3 Å². The molecule has 0 unspecified atom stereocenters. The van der Waals surface area contributed by atoms with Gasteiger partial charge in [0.15, 0.2) is 5.78 Å². The number of likely N-dealkylation sites (N-methyl/N-ethyl adjacent to an activating group) is 1. The molecule has 0 aliphatic carbocycles. The number of ketones is 1. The van der Waals surface area contributed by atoms with Gasteiger partial charge in [-0.15, -0.1) is 17.0 Å². The monoisotopic (exact) mass is 658 g/mol. The minimum Gasteiger partial charge on any atom is -0.494 e. The Kier molecular flexibility index (Phi) is 11.7. The van der Waals surface area contributed by atoms with Crippen molar-refractivity contribution in [2.24, 2.45) is 0 Å². The molecule has 0 saturated carbocycles. The van der Waals surface area contributed by atoms with Crippen LogP contribution in [-0.2, 0) is 27.9 Å². The van der Waals surface area contributed by atoms with Crippen molar-refractivity contribution in [3.63, 3.8) is 0 Å². The average Bonchev–Trinajstić information content (AvgIpc) is 3.26. The first-order chi connectivity index (χ1) is 20.0. The summed E-state index contributed by atoms with van der Waals surface area (Å²) in [6.07, 6.45) is 2.27. The lowest BCUT2D eigenvalue weighted by Gasteiger charge is -2.36. The number of piperidine rings is 1. The highest BCUT2D eigenvalue weighted by molar-refractivity contribution is 8.93. The number of carbonyl (C=O) groups is 2. The molecule has 1 fully saturated rings. The summed E-state index contributed by atoms with van der Waals surface area (Å²) in [6, 6.07) is 7.68. The Morgan fingerprint density at radius 1 is 1.07 bits per heavy atom. The Labute approximate surface area is 266 Å². The summed E-state index contributed by atoms with van der Waals surface area (Å²) >= 11 is 0. The zero-order valence-electron chi connectivity index (χ0n) is 26.6. The van der Waals surface area contributed by atoms with Crippen LogP contribution in [0.5, 0.6) is 11.5 Å². The molecule has 1 saturated heterocycles. The van der Waals surface area contributed by atoms with Crippen LogP contribution in [0.15, 0.2) is 24.3 Å². The SMILES string of the molecule is Br.CCOc1cc2c(cc1CC(=O)NC)C(=N)N(CC(=O)c1cc(N3CCC(OCC)CC3)c(OC)c(C(C)(C)C)c1)C2. The Balaban J connectivity index is 0.00000506. The Morgan fingerprint density at radius 2 is 1.77 bits per heavy atom. The summed E-state index contributed by atoms with van der Waals surface area (Å²) in [7, 11) is 3.30. The van der Waals surface area contributed by atoms with E-state index in [1.807, 2.05) is 38.1 Å². The summed E-state index contributed by atoms with van der Waals surface area (Å²) in [5.74, 6) is 1.55. The van der Waals surface area contributed by atoms with Crippen LogP contribution in [0, 0.1) is 5.41 Å². The molecule has 1 amide bonds. The van der Waals surface area contributed by atoms with Gasteiger partial charge in [0.25, 0.3) is 0 Å². The number of amides is 1. The number of hydrogen-bond donors (Lipinski definition) is 2. The molecule has 2 aromatic rings. The van der Waals surface area contributed by atoms with E-state index in [0.717, 1.165) is 59.6 Å². The number of nitrogens with one attached hydrogen (secondary N) is 2. The molecule has 2 aliphatic rings. The van der Waals surface area contributed by atoms with Crippen molar-refractivity contribution in [1.29, 1.82) is 5.41 Å². The first-order valence-corrected chi connectivity index (χ1v) is 15.0. The normalized spacial score (nSPS) is 15.2. The molecule has 0 spiro atoms. The number of rotatable bonds is 11. The molecule has 236 valence electrons. The highest BCUT2D eigenvalue weighted by atomic mass is 79.9. The van der Waals surface area contributed by atoms with Gasteiger partial charge in [0.05, 0.1) is 38.5 Å². The third-order valence-corrected chi connectivity index (χ3v) is 8.07. The first kappa shape index (κ1) is 34.4. The van der Waals surface area contributed by atoms with Gasteiger partial charge in [-0.1, -0.05) is 20.8 Å². The molecule has 2 heterocycles. The average molecular weight is 660 g/mol. The Hall–Kier alpha value is -3.11. The number of anilines is 1. The molecular formula is C33H47BrN4O5. The number of amidine groups is 1. The fourth-order valence-electron chi connectivity index (χ4n) is 5.84. The van der Waals surface area contributed by atoms with Crippen LogP contribution >= 0.6 is 17.0 Å². The standard InChI is InChI=1S/C33H46N4O5.BrH/c1-8-41-24-10-12-36(13-11-24)27-16-21(15-26(31(27)40-7)33(3,4)5)28(38)20-37-19-23-17-29(42-9-2)22(18-30(39)35-6)14-25(23)32(37)34;/h14-17,24,34H,8-13,18-20H2,1-7H3,(H,35,39);1H. The van der Waals surface area contributed by atoms with E-state index in [1.165, 1.54) is 0 Å². The largest absolute Gasteiger partial charge is 0.494 e. The predicted molar refractivity (Wildman–Crippen MR) is 176 cm³/mol. The molecule has 2 aromatic carbocycles. The van der Waals surface area contributed by atoms with Crippen LogP contribution in [0.1, 0.15) is 80.1 Å². The summed E-state index contributed by atoms with van der Waals surface area (Å²) in [4.78, 5) is 30.1. The number of halogens is 1. The molecule has 2 N–H and O–H groups in total. The van der Waals surface area contributed by atoms with Gasteiger partial charge in [-0.2, -0.15) is 0 Å². The summed E-state index contributed by atoms with van der Waals surface area (Å²) < 4.78 is 17.7. The summed E-state index contributed by atoms with van der Waals surface area (Å²) in [6.45, 7) is 13.7. The zero-order chi connectivity index (χ0) is 30.6. The van der Waals surface area contributed by atoms with Crippen molar-refractivity contribution < 1.29 is 23.8 Å². The second kappa shape index (κ2) is 14.6. The van der Waals surface area contributed by atoms with E-state index in [-0.39, 0.29) is 59.0 Å². The smallest absolute Gasteiger partial charge is 0.224 e. The second-order valence-electron chi connectivity index (χ2n) is 12.0. The predicted octanol–water partition coefficient (Wildman–Crippen LogP) is 5.29. The number of hydrogen-bond acceptors (Lipinski definition) is 7. The van der Waals surface area contributed by atoms with Crippen LogP contribution < -0.4 is 19.7 Å². The number of methoxy groups -OCH3 is 1. The topological polar surface area (TPSA) is 104 Å². The molecule has 10 heteroatoms. The van der Waals surface area contributed by atoms with Gasteiger partial charge in [-0.3, -0.25) is 15.0 Å². The van der Waals surface area contributed by atoms with Crippen LogP contribution in [-0.4, -0.2) is 75.5 Å². The van der Waals surface area contributed by atoms with E-state index in [0.29, 0.717) is 31.1 Å². The van der Waals surface area contributed by atoms with Crippen molar-refractivity contribution in [1.82, 2.24) is 10.2 Å². The lowest BCUT2D eigenvalue weighted by atomic mass is 9.84. The van der Waals surface area contributed by atoms with E-state index >= 15 is 0 Å². The lowest BCUT2D eigenvalue weighted by molar-refractivity contribution is -0.119. The number of nitrogens with zero attached hydrogens (tertiary/aromatic N) is 2. The quantitative estimate of drug-likeness (QED) is 0.316. The third-order valence-electron chi connectivity index (χ3n) is 8.07. The molecule has 2 aliphatic heterocycles. The van der Waals surface area contributed by atoms with Crippen molar-refractivity contribution >= 4 is 40.2 Å². The molecule has 4 rings (SSSR count). The van der Waals surface area contributed by atoms with E-state index in [1.54, 1.807) is 19.1 Å². The highest BCUT2D eigenvalue weighted by Crippen LogP contribution is 2.41. The van der Waals surface area contributed by atoms with Gasteiger partial charge >= 0.3 is 0 Å². The fraction of sp³-hybridized carbons (Fsp3) is 0.545. The van der Waals surface area contributed by atoms with E-state index in [9.17, 15) is 9.59 Å². The van der Waals surface area contributed by atoms with Gasteiger partial charge in [0.2, 0.25) is 5.91 Å². The third kappa shape index (κ3) is 7.70. The fourth-order valence-corrected chi connectivity index (χ4v) is 5.84. The molecule has 0 radical (unpaired) electrons. The van der Waals surface area contributed by atoms with E-state index in [2.05, 4.69) is 31.0 Å². The first-order valence-electron chi connectivity index (χ1n) is 15.0. The van der Waals surface area contributed by atoms with Gasteiger partial charge < -0.3 is 29.3 Å². The van der Waals surface area contributed by atoms with Crippen LogP contribution in [0.25, 0.3) is 0 Å². The van der Waals surface area contributed by atoms with Gasteiger partial charge in [-0.25, -0.2) is 0 Å². The van der Waals surface area contributed by atoms with Crippen molar-refractivity contribution in [2.75, 3.05) is 51.9 Å². The zero-order valence-corrected chi connectivity index (χ0v) is 28.3. The molecule has 0 bridgehead atoms. The number of Topliss-reactive ketones (excluding diaryl/α,β-unsaturated/α-hetero) is 1. The number of ether oxygens (including phenoxy) is 3. The molecule has 0 atom stereocenters. The van der Waals surface area contributed by atoms with Crippen molar-refractivity contribution in [3.05, 3.63) is 52.1 Å². The Bertz CT molecular complexity index is 1330. The number of fused-ring (bicyclic) bond motifs is 1. The molecular weight excluding hydrogens is 612 g/mol. The van der Waals surface area contributed by atoms with Crippen LogP contribution in [0.4, 0.5) is 5.69 Å². The second-order valence-corrected chi connectivity index (χ2v) is 12.0. The lowest BCUT2D eigenvalue weighted by Crippen LogP contribution is -2.37. The maximum absolute atomic E-state index is 13.9. The van der Waals surface area contributed by atoms with Gasteiger partial charge in [-0.05, 0) is 61.9 Å². The minimum absolute atomic E-state index is 0. The van der Waals surface area contributed by atoms with Crippen molar-refractivity contribution in [3.8, 4) is 11.5 Å². The highest BCUT2D eigenvalue weighted by Gasteiger charge is 2.31. The molecule has 0 aromatic heterocycles. The maximum Gasteiger partial charge on any atom is 0.224 e. The molecule has 43 heavy (non-hydrogen) atoms. The summed E-state index contributed by atoms with van der Waals surface area (Å²) in [5.41, 5.74) is 4.67. The van der Waals surface area contributed by atoms with E-state index in [4.69, 9.17) is 19.6 Å². The van der Waals surface area contributed by atoms with E-state index < -0.39 is 0 Å². The van der Waals surface area contributed by atoms with Crippen LogP contribution in [0.2, 0.25) is 0 Å². The Morgan fingerprint density at radius 3 is 2.35 bits per heavy atom. The maximum atomic E-state index is 13.9. The summed E-state index contributed by atoms with van der Waals surface area (Å²) in [5, 5.41) is 11.5. The molecule has 9 nitrogen and oxygen atoms in total. The number of benzene rings is 2. The number of carbonyl (C=O) groups excluding carboxylic acids is 2. The van der Waals surface area contributed by atoms with Gasteiger partial charge in [0, 0.05) is 55.5 Å². The van der Waals surface area contributed by atoms with Crippen LogP contribution in [0.3, 0.4) is 0 Å².